The van der Waals surface area contributed by atoms with Crippen molar-refractivity contribution in [3.05, 3.63) is 48.3 Å². The number of hydrogen-bond donors (Lipinski definition) is 2. The van der Waals surface area contributed by atoms with Crippen molar-refractivity contribution < 1.29 is 13.6 Å². The molecule has 0 saturated carbocycles. The van der Waals surface area contributed by atoms with Gasteiger partial charge < -0.3 is 19.5 Å². The Morgan fingerprint density at radius 3 is 2.88 bits per heavy atom. The van der Waals surface area contributed by atoms with Crippen LogP contribution < -0.4 is 10.6 Å². The van der Waals surface area contributed by atoms with Crippen LogP contribution in [-0.2, 0) is 11.3 Å². The molecule has 24 heavy (non-hydrogen) atoms. The van der Waals surface area contributed by atoms with E-state index in [2.05, 4.69) is 20.8 Å². The van der Waals surface area contributed by atoms with E-state index >= 15 is 0 Å². The van der Waals surface area contributed by atoms with Gasteiger partial charge in [-0.3, -0.25) is 4.79 Å². The van der Waals surface area contributed by atoms with E-state index in [1.54, 1.807) is 18.6 Å². The second kappa shape index (κ2) is 8.02. The molecular formula is C15H16N4O3S2. The number of aromatic nitrogens is 2. The molecule has 7 nitrogen and oxygen atoms in total. The lowest BCUT2D eigenvalue weighted by molar-refractivity contribution is -0.119. The van der Waals surface area contributed by atoms with E-state index < -0.39 is 0 Å². The zero-order valence-electron chi connectivity index (χ0n) is 12.9. The van der Waals surface area contributed by atoms with Crippen molar-refractivity contribution in [1.29, 1.82) is 0 Å². The average Bonchev–Trinajstić information content (AvgIpc) is 3.33. The Labute approximate surface area is 146 Å². The quantitative estimate of drug-likeness (QED) is 0.592. The van der Waals surface area contributed by atoms with Gasteiger partial charge in [0.2, 0.25) is 11.0 Å². The van der Waals surface area contributed by atoms with Crippen molar-refractivity contribution in [2.75, 3.05) is 11.1 Å². The van der Waals surface area contributed by atoms with Gasteiger partial charge in [0, 0.05) is 0 Å². The molecule has 3 rings (SSSR count). The maximum Gasteiger partial charge on any atom is 0.231 e. The highest BCUT2D eigenvalue weighted by molar-refractivity contribution is 8.01. The van der Waals surface area contributed by atoms with Gasteiger partial charge in [-0.05, 0) is 31.2 Å². The van der Waals surface area contributed by atoms with E-state index in [9.17, 15) is 4.79 Å². The molecule has 0 fully saturated rings. The molecule has 0 unspecified atom stereocenters. The molecule has 0 aliphatic carbocycles. The lowest BCUT2D eigenvalue weighted by Crippen LogP contribution is -2.27. The molecule has 1 amide bonds. The molecular weight excluding hydrogens is 348 g/mol. The number of thioether (sulfide) groups is 1. The van der Waals surface area contributed by atoms with Gasteiger partial charge in [-0.15, -0.1) is 10.2 Å². The Morgan fingerprint density at radius 1 is 1.29 bits per heavy atom. The zero-order chi connectivity index (χ0) is 16.8. The monoisotopic (exact) mass is 364 g/mol. The maximum absolute atomic E-state index is 12.0. The molecule has 3 aromatic rings. The fraction of sp³-hybridized carbons (Fsp3) is 0.267. The molecule has 3 aromatic heterocycles. The Bertz CT molecular complexity index is 756. The van der Waals surface area contributed by atoms with Gasteiger partial charge >= 0.3 is 0 Å². The van der Waals surface area contributed by atoms with E-state index in [1.165, 1.54) is 23.1 Å². The maximum atomic E-state index is 12.0. The summed E-state index contributed by atoms with van der Waals surface area (Å²) in [7, 11) is 0. The summed E-state index contributed by atoms with van der Waals surface area (Å²) in [6.45, 7) is 2.43. The summed E-state index contributed by atoms with van der Waals surface area (Å²) < 4.78 is 11.2. The van der Waals surface area contributed by atoms with E-state index in [-0.39, 0.29) is 17.7 Å². The fourth-order valence-corrected chi connectivity index (χ4v) is 3.49. The molecule has 3 heterocycles. The highest BCUT2D eigenvalue weighted by Gasteiger charge is 2.13. The number of nitrogens with zero attached hydrogens (tertiary/aromatic N) is 2. The molecule has 0 aromatic carbocycles. The van der Waals surface area contributed by atoms with Gasteiger partial charge in [0.25, 0.3) is 0 Å². The normalized spacial score (nSPS) is 12.0. The number of nitrogens with one attached hydrogen (secondary N) is 2. The number of carbonyl (C=O) groups excluding carboxylic acids is 1. The number of carbonyl (C=O) groups is 1. The summed E-state index contributed by atoms with van der Waals surface area (Å²) in [6, 6.07) is 7.19. The van der Waals surface area contributed by atoms with Gasteiger partial charge in [-0.2, -0.15) is 0 Å². The van der Waals surface area contributed by atoms with Gasteiger partial charge in [0.05, 0.1) is 30.9 Å². The van der Waals surface area contributed by atoms with Gasteiger partial charge in [0.1, 0.15) is 11.5 Å². The molecule has 0 saturated heterocycles. The highest BCUT2D eigenvalue weighted by atomic mass is 32.2. The third-order valence-electron chi connectivity index (χ3n) is 3.07. The summed E-state index contributed by atoms with van der Waals surface area (Å²) >= 11 is 2.75. The topological polar surface area (TPSA) is 93.2 Å². The van der Waals surface area contributed by atoms with E-state index in [0.29, 0.717) is 11.7 Å². The Kier molecular flexibility index (Phi) is 5.55. The van der Waals surface area contributed by atoms with Crippen LogP contribution in [0.5, 0.6) is 0 Å². The molecule has 0 aliphatic heterocycles. The van der Waals surface area contributed by atoms with Crippen LogP contribution in [0.4, 0.5) is 5.13 Å². The minimum absolute atomic E-state index is 0.0794. The molecule has 0 radical (unpaired) electrons. The van der Waals surface area contributed by atoms with E-state index in [0.717, 1.165) is 15.9 Å². The number of anilines is 1. The first-order valence-electron chi connectivity index (χ1n) is 7.26. The van der Waals surface area contributed by atoms with Crippen molar-refractivity contribution in [2.24, 2.45) is 0 Å². The second-order valence-corrected chi connectivity index (χ2v) is 7.10. The first kappa shape index (κ1) is 16.6. The van der Waals surface area contributed by atoms with Crippen molar-refractivity contribution in [3.63, 3.8) is 0 Å². The summed E-state index contributed by atoms with van der Waals surface area (Å²) in [5, 5.41) is 14.8. The molecule has 126 valence electrons. The van der Waals surface area contributed by atoms with Crippen LogP contribution in [-0.4, -0.2) is 21.9 Å². The fourth-order valence-electron chi connectivity index (χ4n) is 1.93. The smallest absolute Gasteiger partial charge is 0.231 e. The molecule has 9 heteroatoms. The standard InChI is InChI=1S/C15H16N4O3S2/c1-10(12-5-3-7-22-12)17-13(20)9-23-15-19-18-14(24-15)16-8-11-4-2-6-21-11/h2-7,10H,8-9H2,1H3,(H,16,18)(H,17,20)/t10-/m1/s1. The van der Waals surface area contributed by atoms with E-state index in [1.807, 2.05) is 25.1 Å². The highest BCUT2D eigenvalue weighted by Crippen LogP contribution is 2.25. The summed E-state index contributed by atoms with van der Waals surface area (Å²) in [4.78, 5) is 12.0. The SMILES string of the molecule is C[C@@H](NC(=O)CSc1nnc(NCc2ccco2)s1)c1ccco1. The van der Waals surface area contributed by atoms with Crippen LogP contribution in [0.3, 0.4) is 0 Å². The Morgan fingerprint density at radius 2 is 2.12 bits per heavy atom. The lowest BCUT2D eigenvalue weighted by Gasteiger charge is -2.10. The van der Waals surface area contributed by atoms with Crippen molar-refractivity contribution in [2.45, 2.75) is 23.8 Å². The average molecular weight is 364 g/mol. The Balaban J connectivity index is 1.42. The second-order valence-electron chi connectivity index (χ2n) is 4.90. The summed E-state index contributed by atoms with van der Waals surface area (Å²) in [5.74, 6) is 1.75. The molecule has 2 N–H and O–H groups in total. The van der Waals surface area contributed by atoms with Crippen LogP contribution in [0, 0.1) is 0 Å². The minimum atomic E-state index is -0.159. The van der Waals surface area contributed by atoms with Crippen LogP contribution in [0.2, 0.25) is 0 Å². The predicted molar refractivity (Wildman–Crippen MR) is 91.9 cm³/mol. The number of amides is 1. The number of rotatable bonds is 8. The first-order valence-corrected chi connectivity index (χ1v) is 9.06. The summed E-state index contributed by atoms with van der Waals surface area (Å²) in [6.07, 6.45) is 3.21. The lowest BCUT2D eigenvalue weighted by atomic mass is 10.2. The third-order valence-corrected chi connectivity index (χ3v) is 5.09. The largest absolute Gasteiger partial charge is 0.467 e. The van der Waals surface area contributed by atoms with Crippen molar-refractivity contribution in [3.8, 4) is 0 Å². The number of furan rings is 2. The van der Waals surface area contributed by atoms with Gasteiger partial charge in [-0.25, -0.2) is 0 Å². The molecule has 1 atom stereocenters. The van der Waals surface area contributed by atoms with Gasteiger partial charge in [-0.1, -0.05) is 23.1 Å². The molecule has 0 aliphatic rings. The summed E-state index contributed by atoms with van der Waals surface area (Å²) in [5.41, 5.74) is 0. The third kappa shape index (κ3) is 4.62. The zero-order valence-corrected chi connectivity index (χ0v) is 14.5. The first-order chi connectivity index (χ1) is 11.7. The van der Waals surface area contributed by atoms with Crippen molar-refractivity contribution >= 4 is 34.1 Å². The van der Waals surface area contributed by atoms with Crippen molar-refractivity contribution in [1.82, 2.24) is 15.5 Å². The van der Waals surface area contributed by atoms with Crippen LogP contribution in [0.25, 0.3) is 0 Å². The van der Waals surface area contributed by atoms with Gasteiger partial charge in [0.15, 0.2) is 4.34 Å². The van der Waals surface area contributed by atoms with Crippen LogP contribution in [0.1, 0.15) is 24.5 Å². The predicted octanol–water partition coefficient (Wildman–Crippen LogP) is 3.31. The van der Waals surface area contributed by atoms with E-state index in [4.69, 9.17) is 8.83 Å². The minimum Gasteiger partial charge on any atom is -0.467 e. The molecule has 0 bridgehead atoms. The Hall–Kier alpha value is -2.26. The van der Waals surface area contributed by atoms with Crippen LogP contribution in [0.15, 0.2) is 50.0 Å². The molecule has 0 spiro atoms. The number of hydrogen-bond acceptors (Lipinski definition) is 8. The van der Waals surface area contributed by atoms with Crippen LogP contribution >= 0.6 is 23.1 Å².